The molecular formula is C21H23Cl2NO4S. The van der Waals surface area contributed by atoms with Gasteiger partial charge in [-0.05, 0) is 56.7 Å². The predicted octanol–water partition coefficient (Wildman–Crippen LogP) is 5.76. The third-order valence-corrected chi connectivity index (χ3v) is 6.79. The summed E-state index contributed by atoms with van der Waals surface area (Å²) in [6, 6.07) is 4.99. The molecule has 0 bridgehead atoms. The van der Waals surface area contributed by atoms with Gasteiger partial charge in [0.25, 0.3) is 5.91 Å². The van der Waals surface area contributed by atoms with E-state index in [1.165, 1.54) is 11.3 Å². The number of fused-ring (bicyclic) bond motifs is 1. The fourth-order valence-electron chi connectivity index (χ4n) is 3.29. The van der Waals surface area contributed by atoms with Crippen molar-refractivity contribution >= 4 is 51.4 Å². The summed E-state index contributed by atoms with van der Waals surface area (Å²) in [6.07, 6.45) is 1.88. The number of anilines is 1. The van der Waals surface area contributed by atoms with Crippen molar-refractivity contribution in [1.29, 1.82) is 0 Å². The van der Waals surface area contributed by atoms with Crippen LogP contribution in [-0.4, -0.2) is 24.6 Å². The first-order valence-electron chi connectivity index (χ1n) is 9.55. The van der Waals surface area contributed by atoms with Gasteiger partial charge in [0, 0.05) is 4.88 Å². The van der Waals surface area contributed by atoms with Crippen LogP contribution in [0.5, 0.6) is 5.75 Å². The summed E-state index contributed by atoms with van der Waals surface area (Å²) >= 11 is 13.6. The minimum Gasteiger partial charge on any atom is -0.479 e. The van der Waals surface area contributed by atoms with Crippen LogP contribution in [0.15, 0.2) is 18.2 Å². The van der Waals surface area contributed by atoms with Gasteiger partial charge in [-0.2, -0.15) is 0 Å². The number of rotatable bonds is 6. The molecule has 0 saturated carbocycles. The Morgan fingerprint density at radius 2 is 2.10 bits per heavy atom. The number of benzene rings is 1. The van der Waals surface area contributed by atoms with Gasteiger partial charge in [-0.1, -0.05) is 36.2 Å². The highest BCUT2D eigenvalue weighted by atomic mass is 35.5. The van der Waals surface area contributed by atoms with E-state index in [0.29, 0.717) is 27.3 Å². The molecule has 0 aliphatic heterocycles. The van der Waals surface area contributed by atoms with Gasteiger partial charge in [-0.25, -0.2) is 4.79 Å². The van der Waals surface area contributed by atoms with E-state index in [0.717, 1.165) is 29.7 Å². The van der Waals surface area contributed by atoms with E-state index in [-0.39, 0.29) is 17.5 Å². The van der Waals surface area contributed by atoms with Gasteiger partial charge in [-0.3, -0.25) is 4.79 Å². The Bertz CT molecular complexity index is 928. The Morgan fingerprint density at radius 3 is 2.83 bits per heavy atom. The van der Waals surface area contributed by atoms with Crippen molar-refractivity contribution in [3.05, 3.63) is 44.2 Å². The maximum Gasteiger partial charge on any atom is 0.341 e. The summed E-state index contributed by atoms with van der Waals surface area (Å²) in [6.45, 7) is 5.85. The molecule has 1 amide bonds. The standard InChI is InChI=1S/C21H23Cl2NO4S/c1-4-27-21(26)17-13-9-8-11(2)10-16(13)29-20(17)24-19(25)12(3)28-15-7-5-6-14(22)18(15)23/h5-7,11-12H,4,8-10H2,1-3H3,(H,24,25). The third-order valence-electron chi connectivity index (χ3n) is 4.82. The number of hydrogen-bond donors (Lipinski definition) is 1. The highest BCUT2D eigenvalue weighted by molar-refractivity contribution is 7.17. The molecule has 1 aromatic carbocycles. The van der Waals surface area contributed by atoms with Crippen LogP contribution in [0.3, 0.4) is 0 Å². The van der Waals surface area contributed by atoms with Gasteiger partial charge < -0.3 is 14.8 Å². The summed E-state index contributed by atoms with van der Waals surface area (Å²) in [5.74, 6) is 0.0956. The molecule has 1 aliphatic rings. The number of hydrogen-bond acceptors (Lipinski definition) is 5. The van der Waals surface area contributed by atoms with Crippen LogP contribution in [0.1, 0.15) is 48.0 Å². The predicted molar refractivity (Wildman–Crippen MR) is 117 cm³/mol. The molecule has 156 valence electrons. The smallest absolute Gasteiger partial charge is 0.341 e. The molecule has 1 N–H and O–H groups in total. The number of ether oxygens (including phenoxy) is 2. The minimum absolute atomic E-state index is 0.251. The lowest BCUT2D eigenvalue weighted by Crippen LogP contribution is -2.30. The SMILES string of the molecule is CCOC(=O)c1c(NC(=O)C(C)Oc2cccc(Cl)c2Cl)sc2c1CCC(C)C2. The molecule has 5 nitrogen and oxygen atoms in total. The Labute approximate surface area is 184 Å². The first-order chi connectivity index (χ1) is 13.8. The number of thiophene rings is 1. The monoisotopic (exact) mass is 455 g/mol. The van der Waals surface area contributed by atoms with Crippen molar-refractivity contribution in [2.75, 3.05) is 11.9 Å². The van der Waals surface area contributed by atoms with E-state index in [4.69, 9.17) is 32.7 Å². The van der Waals surface area contributed by atoms with E-state index < -0.39 is 12.1 Å². The van der Waals surface area contributed by atoms with E-state index >= 15 is 0 Å². The lowest BCUT2D eigenvalue weighted by molar-refractivity contribution is -0.122. The number of amides is 1. The van der Waals surface area contributed by atoms with Crippen molar-refractivity contribution < 1.29 is 19.1 Å². The summed E-state index contributed by atoms with van der Waals surface area (Å²) < 4.78 is 10.9. The van der Waals surface area contributed by atoms with Crippen molar-refractivity contribution in [1.82, 2.24) is 0 Å². The molecule has 2 atom stereocenters. The molecule has 0 saturated heterocycles. The number of nitrogens with one attached hydrogen (secondary N) is 1. The molecule has 2 unspecified atom stereocenters. The van der Waals surface area contributed by atoms with E-state index in [9.17, 15) is 9.59 Å². The average Bonchev–Trinajstić information content (AvgIpc) is 3.02. The number of carbonyl (C=O) groups is 2. The molecular weight excluding hydrogens is 433 g/mol. The largest absolute Gasteiger partial charge is 0.479 e. The molecule has 0 fully saturated rings. The number of esters is 1. The Kier molecular flexibility index (Phi) is 7.09. The summed E-state index contributed by atoms with van der Waals surface area (Å²) in [5, 5.41) is 3.97. The summed E-state index contributed by atoms with van der Waals surface area (Å²) in [7, 11) is 0. The van der Waals surface area contributed by atoms with Gasteiger partial charge in [0.15, 0.2) is 6.10 Å². The maximum absolute atomic E-state index is 12.8. The molecule has 8 heteroatoms. The minimum atomic E-state index is -0.834. The van der Waals surface area contributed by atoms with Gasteiger partial charge in [0.2, 0.25) is 0 Å². The van der Waals surface area contributed by atoms with Gasteiger partial charge >= 0.3 is 5.97 Å². The van der Waals surface area contributed by atoms with E-state index in [1.807, 2.05) is 0 Å². The molecule has 0 radical (unpaired) electrons. The molecule has 0 spiro atoms. The fourth-order valence-corrected chi connectivity index (χ4v) is 5.03. The highest BCUT2D eigenvalue weighted by Gasteiger charge is 2.30. The van der Waals surface area contributed by atoms with Gasteiger partial charge in [0.1, 0.15) is 15.8 Å². The van der Waals surface area contributed by atoms with Gasteiger partial charge in [0.05, 0.1) is 17.2 Å². The van der Waals surface area contributed by atoms with Crippen LogP contribution >= 0.6 is 34.5 Å². The van der Waals surface area contributed by atoms with Crippen LogP contribution < -0.4 is 10.1 Å². The molecule has 2 aromatic rings. The van der Waals surface area contributed by atoms with E-state index in [1.54, 1.807) is 32.0 Å². The third kappa shape index (κ3) is 4.87. The second kappa shape index (κ2) is 9.37. The van der Waals surface area contributed by atoms with E-state index in [2.05, 4.69) is 12.2 Å². The summed E-state index contributed by atoms with van der Waals surface area (Å²) in [5.41, 5.74) is 1.47. The zero-order valence-electron chi connectivity index (χ0n) is 16.5. The first kappa shape index (κ1) is 21.9. The van der Waals surface area contributed by atoms with Crippen molar-refractivity contribution in [3.8, 4) is 5.75 Å². The van der Waals surface area contributed by atoms with Gasteiger partial charge in [-0.15, -0.1) is 11.3 Å². The lowest BCUT2D eigenvalue weighted by Gasteiger charge is -2.18. The normalized spacial score (nSPS) is 16.7. The molecule has 1 aromatic heterocycles. The first-order valence-corrected chi connectivity index (χ1v) is 11.1. The zero-order valence-corrected chi connectivity index (χ0v) is 18.8. The zero-order chi connectivity index (χ0) is 21.1. The Hall–Kier alpha value is -1.76. The highest BCUT2D eigenvalue weighted by Crippen LogP contribution is 2.40. The van der Waals surface area contributed by atoms with Crippen LogP contribution in [0.4, 0.5) is 5.00 Å². The second-order valence-electron chi connectivity index (χ2n) is 7.08. The Balaban J connectivity index is 1.82. The quantitative estimate of drug-likeness (QED) is 0.561. The maximum atomic E-state index is 12.8. The molecule has 29 heavy (non-hydrogen) atoms. The second-order valence-corrected chi connectivity index (χ2v) is 8.97. The summed E-state index contributed by atoms with van der Waals surface area (Å²) in [4.78, 5) is 26.5. The van der Waals surface area contributed by atoms with Crippen molar-refractivity contribution in [3.63, 3.8) is 0 Å². The van der Waals surface area contributed by atoms with Crippen LogP contribution in [0, 0.1) is 5.92 Å². The topological polar surface area (TPSA) is 64.6 Å². The van der Waals surface area contributed by atoms with Crippen molar-refractivity contribution in [2.45, 2.75) is 46.1 Å². The van der Waals surface area contributed by atoms with Crippen LogP contribution in [0.2, 0.25) is 10.0 Å². The Morgan fingerprint density at radius 1 is 1.34 bits per heavy atom. The number of halogens is 2. The fraction of sp³-hybridized carbons (Fsp3) is 0.429. The molecule has 1 heterocycles. The van der Waals surface area contributed by atoms with Crippen LogP contribution in [0.25, 0.3) is 0 Å². The van der Waals surface area contributed by atoms with Crippen LogP contribution in [-0.2, 0) is 22.4 Å². The van der Waals surface area contributed by atoms with Crippen molar-refractivity contribution in [2.24, 2.45) is 5.92 Å². The number of carbonyl (C=O) groups excluding carboxylic acids is 2. The molecule has 1 aliphatic carbocycles. The lowest BCUT2D eigenvalue weighted by atomic mass is 9.88. The average molecular weight is 456 g/mol. The molecule has 3 rings (SSSR count).